The summed E-state index contributed by atoms with van der Waals surface area (Å²) in [6.45, 7) is 4.93. The second kappa shape index (κ2) is 8.39. The van der Waals surface area contributed by atoms with Crippen LogP contribution in [0.4, 0.5) is 0 Å². The molecule has 1 N–H and O–H groups in total. The van der Waals surface area contributed by atoms with Crippen molar-refractivity contribution in [1.82, 2.24) is 20.4 Å². The van der Waals surface area contributed by atoms with Gasteiger partial charge in [0, 0.05) is 25.4 Å². The van der Waals surface area contributed by atoms with Crippen LogP contribution in [0, 0.1) is 0 Å². The molecule has 2 aromatic rings. The van der Waals surface area contributed by atoms with Crippen LogP contribution in [-0.2, 0) is 11.2 Å². The van der Waals surface area contributed by atoms with Crippen LogP contribution >= 0.6 is 11.3 Å². The first-order chi connectivity index (χ1) is 11.8. The minimum absolute atomic E-state index is 0.194. The van der Waals surface area contributed by atoms with Gasteiger partial charge in [-0.15, -0.1) is 11.3 Å². The molecule has 0 atom stereocenters. The molecule has 0 unspecified atom stereocenters. The highest BCUT2D eigenvalue weighted by Crippen LogP contribution is 2.22. The second-order valence-corrected chi connectivity index (χ2v) is 7.01. The van der Waals surface area contributed by atoms with Crippen molar-refractivity contribution >= 4 is 17.2 Å². The molecule has 0 spiro atoms. The molecule has 0 saturated carbocycles. The number of hydrogen-bond donors (Lipinski definition) is 1. The number of amides is 1. The summed E-state index contributed by atoms with van der Waals surface area (Å²) in [4.78, 5) is 20.1. The fraction of sp³-hybridized carbons (Fsp3) is 0.588. The Balaban J connectivity index is 1.57. The summed E-state index contributed by atoms with van der Waals surface area (Å²) in [5, 5.41) is 9.34. The topological polar surface area (TPSA) is 71.3 Å². The summed E-state index contributed by atoms with van der Waals surface area (Å²) in [6.07, 6.45) is 3.99. The molecule has 0 radical (unpaired) electrons. The minimum Gasteiger partial charge on any atom is -0.340 e. The Morgan fingerprint density at radius 3 is 3.00 bits per heavy atom. The van der Waals surface area contributed by atoms with E-state index in [-0.39, 0.29) is 5.91 Å². The van der Waals surface area contributed by atoms with Crippen molar-refractivity contribution < 1.29 is 9.32 Å². The van der Waals surface area contributed by atoms with Gasteiger partial charge in [-0.1, -0.05) is 18.1 Å². The lowest BCUT2D eigenvalue weighted by Gasteiger charge is -2.34. The number of aromatic nitrogens is 2. The Labute approximate surface area is 146 Å². The maximum Gasteiger partial charge on any atom is 0.227 e. The Morgan fingerprint density at radius 1 is 1.46 bits per heavy atom. The molecule has 1 fully saturated rings. The van der Waals surface area contributed by atoms with Gasteiger partial charge in [-0.3, -0.25) is 4.79 Å². The van der Waals surface area contributed by atoms with Gasteiger partial charge >= 0.3 is 0 Å². The van der Waals surface area contributed by atoms with E-state index in [9.17, 15) is 4.79 Å². The molecule has 0 aromatic carbocycles. The minimum atomic E-state index is 0.194. The summed E-state index contributed by atoms with van der Waals surface area (Å²) in [5.41, 5.74) is 0. The molecule has 0 bridgehead atoms. The highest BCUT2D eigenvalue weighted by molar-refractivity contribution is 7.13. The fourth-order valence-corrected chi connectivity index (χ4v) is 3.74. The van der Waals surface area contributed by atoms with E-state index >= 15 is 0 Å². The third kappa shape index (κ3) is 4.21. The number of carbonyl (C=O) groups is 1. The first-order valence-corrected chi connectivity index (χ1v) is 9.52. The Morgan fingerprint density at radius 2 is 2.29 bits per heavy atom. The molecular weight excluding hydrogens is 324 g/mol. The molecule has 6 nitrogen and oxygen atoms in total. The van der Waals surface area contributed by atoms with E-state index in [1.165, 1.54) is 0 Å². The third-order valence-electron chi connectivity index (χ3n) is 4.30. The molecule has 1 aliphatic heterocycles. The van der Waals surface area contributed by atoms with E-state index in [1.807, 2.05) is 17.5 Å². The van der Waals surface area contributed by atoms with Gasteiger partial charge in [0.15, 0.2) is 0 Å². The number of hydrogen-bond acceptors (Lipinski definition) is 6. The van der Waals surface area contributed by atoms with Gasteiger partial charge in [-0.2, -0.15) is 4.98 Å². The third-order valence-corrected chi connectivity index (χ3v) is 5.16. The first-order valence-electron chi connectivity index (χ1n) is 8.64. The quantitative estimate of drug-likeness (QED) is 0.833. The number of nitrogens with one attached hydrogen (secondary N) is 1. The fourth-order valence-electron chi connectivity index (χ4n) is 3.09. The van der Waals surface area contributed by atoms with Crippen LogP contribution in [0.1, 0.15) is 38.5 Å². The zero-order valence-electron chi connectivity index (χ0n) is 14.0. The second-order valence-electron chi connectivity index (χ2n) is 6.06. The maximum atomic E-state index is 12.7. The van der Waals surface area contributed by atoms with E-state index in [0.29, 0.717) is 30.6 Å². The maximum absolute atomic E-state index is 12.7. The van der Waals surface area contributed by atoms with Crippen LogP contribution < -0.4 is 5.32 Å². The average molecular weight is 348 g/mol. The van der Waals surface area contributed by atoms with Crippen molar-refractivity contribution in [3.63, 3.8) is 0 Å². The predicted octanol–water partition coefficient (Wildman–Crippen LogP) is 2.72. The summed E-state index contributed by atoms with van der Waals surface area (Å²) < 4.78 is 5.29. The van der Waals surface area contributed by atoms with Gasteiger partial charge in [-0.25, -0.2) is 0 Å². The van der Waals surface area contributed by atoms with E-state index < -0.39 is 0 Å². The van der Waals surface area contributed by atoms with Gasteiger partial charge in [-0.05, 0) is 43.8 Å². The normalized spacial score (nSPS) is 15.5. The molecule has 0 aliphatic carbocycles. The summed E-state index contributed by atoms with van der Waals surface area (Å²) in [7, 11) is 0. The molecule has 3 heterocycles. The van der Waals surface area contributed by atoms with Gasteiger partial charge in [0.2, 0.25) is 17.6 Å². The molecule has 130 valence electrons. The van der Waals surface area contributed by atoms with Crippen molar-refractivity contribution in [3.05, 3.63) is 23.4 Å². The molecule has 24 heavy (non-hydrogen) atoms. The Kier molecular flexibility index (Phi) is 5.98. The molecule has 1 aliphatic rings. The van der Waals surface area contributed by atoms with E-state index in [2.05, 4.69) is 27.3 Å². The molecular formula is C17H24N4O2S. The SMILES string of the molecule is CCCN(C(=O)CCc1nc(-c2cccs2)no1)C1CCNCC1. The lowest BCUT2D eigenvalue weighted by atomic mass is 10.0. The highest BCUT2D eigenvalue weighted by atomic mass is 32.1. The smallest absolute Gasteiger partial charge is 0.227 e. The Hall–Kier alpha value is -1.73. The van der Waals surface area contributed by atoms with Crippen LogP contribution in [0.3, 0.4) is 0 Å². The van der Waals surface area contributed by atoms with E-state index in [4.69, 9.17) is 4.52 Å². The highest BCUT2D eigenvalue weighted by Gasteiger charge is 2.24. The summed E-state index contributed by atoms with van der Waals surface area (Å²) >= 11 is 1.58. The number of rotatable bonds is 7. The number of piperidine rings is 1. The van der Waals surface area contributed by atoms with Crippen molar-refractivity contribution in [2.24, 2.45) is 0 Å². The van der Waals surface area contributed by atoms with Crippen molar-refractivity contribution in [2.75, 3.05) is 19.6 Å². The van der Waals surface area contributed by atoms with Crippen molar-refractivity contribution in [1.29, 1.82) is 0 Å². The number of aryl methyl sites for hydroxylation is 1. The number of nitrogens with zero attached hydrogens (tertiary/aromatic N) is 3. The average Bonchev–Trinajstić information content (AvgIpc) is 3.29. The van der Waals surface area contributed by atoms with Crippen molar-refractivity contribution in [3.8, 4) is 10.7 Å². The van der Waals surface area contributed by atoms with Crippen LogP contribution in [0.15, 0.2) is 22.0 Å². The number of carbonyl (C=O) groups excluding carboxylic acids is 1. The molecule has 1 amide bonds. The lowest BCUT2D eigenvalue weighted by molar-refractivity contribution is -0.134. The van der Waals surface area contributed by atoms with E-state index in [1.54, 1.807) is 11.3 Å². The van der Waals surface area contributed by atoms with Gasteiger partial charge in [0.05, 0.1) is 4.88 Å². The summed E-state index contributed by atoms with van der Waals surface area (Å²) in [5.74, 6) is 1.34. The van der Waals surface area contributed by atoms with Gasteiger partial charge in [0.25, 0.3) is 0 Å². The largest absolute Gasteiger partial charge is 0.340 e. The zero-order valence-corrected chi connectivity index (χ0v) is 14.8. The monoisotopic (exact) mass is 348 g/mol. The molecule has 3 rings (SSSR count). The van der Waals surface area contributed by atoms with E-state index in [0.717, 1.165) is 43.8 Å². The van der Waals surface area contributed by atoms with Crippen LogP contribution in [0.5, 0.6) is 0 Å². The van der Waals surface area contributed by atoms with Gasteiger partial charge < -0.3 is 14.7 Å². The van der Waals surface area contributed by atoms with Gasteiger partial charge in [0.1, 0.15) is 0 Å². The predicted molar refractivity (Wildman–Crippen MR) is 93.8 cm³/mol. The number of thiophene rings is 1. The standard InChI is InChI=1S/C17H24N4O2S/c1-2-11-21(13-7-9-18-10-8-13)16(22)6-5-15-19-17(20-23-15)14-4-3-12-24-14/h3-4,12-13,18H,2,5-11H2,1H3. The molecule has 1 saturated heterocycles. The van der Waals surface area contributed by atoms with Crippen LogP contribution in [0.25, 0.3) is 10.7 Å². The zero-order chi connectivity index (χ0) is 16.8. The molecule has 7 heteroatoms. The lowest BCUT2D eigenvalue weighted by Crippen LogP contribution is -2.46. The summed E-state index contributed by atoms with van der Waals surface area (Å²) in [6, 6.07) is 4.29. The van der Waals surface area contributed by atoms with Crippen LogP contribution in [-0.4, -0.2) is 46.6 Å². The van der Waals surface area contributed by atoms with Crippen LogP contribution in [0.2, 0.25) is 0 Å². The first kappa shape index (κ1) is 17.1. The molecule has 2 aromatic heterocycles. The van der Waals surface area contributed by atoms with Crippen molar-refractivity contribution in [2.45, 2.75) is 45.1 Å². The Bertz CT molecular complexity index is 635.